The van der Waals surface area contributed by atoms with Gasteiger partial charge in [-0.3, -0.25) is 9.48 Å². The van der Waals surface area contributed by atoms with Crippen LogP contribution in [0.3, 0.4) is 0 Å². The molecular weight excluding hydrogens is 339 g/mol. The van der Waals surface area contributed by atoms with Crippen LogP contribution in [-0.2, 0) is 11.3 Å². The zero-order valence-corrected chi connectivity index (χ0v) is 13.9. The van der Waals surface area contributed by atoms with Crippen molar-refractivity contribution in [1.82, 2.24) is 14.7 Å². The third-order valence-electron chi connectivity index (χ3n) is 5.10. The number of carbonyl (C=O) groups is 1. The number of aromatic nitrogens is 2. The van der Waals surface area contributed by atoms with Gasteiger partial charge in [-0.15, -0.1) is 0 Å². The van der Waals surface area contributed by atoms with Gasteiger partial charge in [0.1, 0.15) is 0 Å². The normalized spacial score (nSPS) is 28.6. The van der Waals surface area contributed by atoms with Crippen molar-refractivity contribution in [2.45, 2.75) is 69.5 Å². The fourth-order valence-corrected chi connectivity index (χ4v) is 3.83. The van der Waals surface area contributed by atoms with Gasteiger partial charge in [0.2, 0.25) is 6.10 Å². The number of hydrogen-bond acceptors (Lipinski definition) is 4. The van der Waals surface area contributed by atoms with Crippen LogP contribution in [0, 0.1) is 0 Å². The first-order chi connectivity index (χ1) is 11.7. The summed E-state index contributed by atoms with van der Waals surface area (Å²) in [6, 6.07) is 0.164. The van der Waals surface area contributed by atoms with Gasteiger partial charge in [-0.1, -0.05) is 6.92 Å². The van der Waals surface area contributed by atoms with Gasteiger partial charge in [0.15, 0.2) is 0 Å². The maximum absolute atomic E-state index is 12.6. The van der Waals surface area contributed by atoms with Crippen LogP contribution in [-0.4, -0.2) is 55.7 Å². The molecule has 2 atom stereocenters. The van der Waals surface area contributed by atoms with Gasteiger partial charge in [-0.2, -0.15) is 18.3 Å². The number of amides is 1. The van der Waals surface area contributed by atoms with E-state index in [4.69, 9.17) is 0 Å². The molecular formula is C16H22F3N3O3. The minimum Gasteiger partial charge on any atom is -0.393 e. The highest BCUT2D eigenvalue weighted by Gasteiger charge is 2.46. The minimum atomic E-state index is -4.96. The molecule has 0 saturated heterocycles. The van der Waals surface area contributed by atoms with E-state index in [1.165, 1.54) is 0 Å². The first-order valence-corrected chi connectivity index (χ1v) is 8.46. The van der Waals surface area contributed by atoms with Crippen molar-refractivity contribution in [3.05, 3.63) is 17.5 Å². The standard InChI is InChI=1S/C16H22F3N3O3/c1-9-7-21(15(25)14(24)16(17,18)19)8-10-6-20-22(13(9)10)11-2-4-12(23)5-3-11/h6,9,11-12,14,23-24H,2-5,7-8H2,1H3. The van der Waals surface area contributed by atoms with Crippen LogP contribution in [0.4, 0.5) is 13.2 Å². The summed E-state index contributed by atoms with van der Waals surface area (Å²) in [6.07, 6.45) is -3.63. The van der Waals surface area contributed by atoms with E-state index in [1.54, 1.807) is 6.20 Å². The zero-order valence-electron chi connectivity index (χ0n) is 13.9. The summed E-state index contributed by atoms with van der Waals surface area (Å²) >= 11 is 0. The molecule has 25 heavy (non-hydrogen) atoms. The molecule has 2 aliphatic rings. The van der Waals surface area contributed by atoms with Crippen molar-refractivity contribution in [3.63, 3.8) is 0 Å². The molecule has 3 rings (SSSR count). The molecule has 1 amide bonds. The second-order valence-electron chi connectivity index (χ2n) is 7.03. The van der Waals surface area contributed by atoms with E-state index >= 15 is 0 Å². The van der Waals surface area contributed by atoms with E-state index in [1.807, 2.05) is 11.6 Å². The summed E-state index contributed by atoms with van der Waals surface area (Å²) < 4.78 is 39.7. The second kappa shape index (κ2) is 6.60. The van der Waals surface area contributed by atoms with Crippen molar-refractivity contribution < 1.29 is 28.2 Å². The van der Waals surface area contributed by atoms with Crippen LogP contribution in [0.25, 0.3) is 0 Å². The van der Waals surface area contributed by atoms with Gasteiger partial charge in [-0.25, -0.2) is 0 Å². The molecule has 9 heteroatoms. The molecule has 1 saturated carbocycles. The Morgan fingerprint density at radius 3 is 2.56 bits per heavy atom. The molecule has 1 aliphatic carbocycles. The molecule has 1 fully saturated rings. The largest absolute Gasteiger partial charge is 0.423 e. The SMILES string of the molecule is CC1CN(C(=O)C(O)C(F)(F)F)Cc2cnn(C3CCC(O)CC3)c21. The average molecular weight is 361 g/mol. The second-order valence-corrected chi connectivity index (χ2v) is 7.03. The number of carbonyl (C=O) groups excluding carboxylic acids is 1. The number of nitrogens with zero attached hydrogens (tertiary/aromatic N) is 3. The molecule has 140 valence electrons. The summed E-state index contributed by atoms with van der Waals surface area (Å²) in [5.41, 5.74) is 1.65. The molecule has 1 aromatic rings. The lowest BCUT2D eigenvalue weighted by molar-refractivity contribution is -0.211. The van der Waals surface area contributed by atoms with E-state index < -0.39 is 18.2 Å². The highest BCUT2D eigenvalue weighted by atomic mass is 19.4. The smallest absolute Gasteiger partial charge is 0.393 e. The Labute approximate surface area is 143 Å². The van der Waals surface area contributed by atoms with E-state index in [0.717, 1.165) is 23.4 Å². The zero-order chi connectivity index (χ0) is 18.4. The summed E-state index contributed by atoms with van der Waals surface area (Å²) in [5, 5.41) is 23.2. The van der Waals surface area contributed by atoms with Crippen LogP contribution >= 0.6 is 0 Å². The van der Waals surface area contributed by atoms with Gasteiger partial charge in [0, 0.05) is 30.3 Å². The maximum atomic E-state index is 12.6. The van der Waals surface area contributed by atoms with Gasteiger partial charge in [0.05, 0.1) is 18.3 Å². The van der Waals surface area contributed by atoms with E-state index in [9.17, 15) is 28.2 Å². The Hall–Kier alpha value is -1.61. The topological polar surface area (TPSA) is 78.6 Å². The molecule has 0 spiro atoms. The molecule has 6 nitrogen and oxygen atoms in total. The van der Waals surface area contributed by atoms with Crippen LogP contribution < -0.4 is 0 Å². The number of aliphatic hydroxyl groups is 2. The number of rotatable bonds is 2. The number of fused-ring (bicyclic) bond motifs is 1. The third kappa shape index (κ3) is 3.52. The predicted molar refractivity (Wildman–Crippen MR) is 81.6 cm³/mol. The van der Waals surface area contributed by atoms with Gasteiger partial charge < -0.3 is 15.1 Å². The lowest BCUT2D eigenvalue weighted by Crippen LogP contribution is -2.48. The van der Waals surface area contributed by atoms with Crippen molar-refractivity contribution in [2.75, 3.05) is 6.54 Å². The molecule has 1 aliphatic heterocycles. The molecule has 2 N–H and O–H groups in total. The summed E-state index contributed by atoms with van der Waals surface area (Å²) in [7, 11) is 0. The van der Waals surface area contributed by atoms with Crippen LogP contribution in [0.5, 0.6) is 0 Å². The Bertz CT molecular complexity index is 638. The molecule has 2 heterocycles. The monoisotopic (exact) mass is 361 g/mol. The maximum Gasteiger partial charge on any atom is 0.423 e. The Balaban J connectivity index is 1.78. The van der Waals surface area contributed by atoms with E-state index in [2.05, 4.69) is 5.10 Å². The Kier molecular flexibility index (Phi) is 4.80. The number of halogens is 3. The van der Waals surface area contributed by atoms with Crippen molar-refractivity contribution in [3.8, 4) is 0 Å². The molecule has 0 bridgehead atoms. The quantitative estimate of drug-likeness (QED) is 0.841. The number of aliphatic hydroxyl groups excluding tert-OH is 2. The highest BCUT2D eigenvalue weighted by Crippen LogP contribution is 2.35. The first kappa shape index (κ1) is 18.2. The van der Waals surface area contributed by atoms with E-state index in [-0.39, 0.29) is 31.2 Å². The summed E-state index contributed by atoms with van der Waals surface area (Å²) in [4.78, 5) is 13.0. The van der Waals surface area contributed by atoms with Crippen molar-refractivity contribution in [2.24, 2.45) is 0 Å². The van der Waals surface area contributed by atoms with Gasteiger partial charge in [0.25, 0.3) is 5.91 Å². The fraction of sp³-hybridized carbons (Fsp3) is 0.750. The molecule has 0 radical (unpaired) electrons. The number of alkyl halides is 3. The Morgan fingerprint density at radius 2 is 1.96 bits per heavy atom. The Morgan fingerprint density at radius 1 is 1.32 bits per heavy atom. The summed E-state index contributed by atoms with van der Waals surface area (Å²) in [5.74, 6) is -1.50. The van der Waals surface area contributed by atoms with Crippen molar-refractivity contribution in [1.29, 1.82) is 0 Å². The lowest BCUT2D eigenvalue weighted by Gasteiger charge is -2.35. The predicted octanol–water partition coefficient (Wildman–Crippen LogP) is 1.73. The minimum absolute atomic E-state index is 0.0149. The molecule has 0 aromatic carbocycles. The van der Waals surface area contributed by atoms with Crippen LogP contribution in [0.1, 0.15) is 55.8 Å². The lowest BCUT2D eigenvalue weighted by atomic mass is 9.91. The van der Waals surface area contributed by atoms with Crippen molar-refractivity contribution >= 4 is 5.91 Å². The molecule has 1 aromatic heterocycles. The third-order valence-corrected chi connectivity index (χ3v) is 5.10. The van der Waals surface area contributed by atoms with E-state index in [0.29, 0.717) is 18.4 Å². The van der Waals surface area contributed by atoms with Crippen LogP contribution in [0.2, 0.25) is 0 Å². The summed E-state index contributed by atoms with van der Waals surface area (Å²) in [6.45, 7) is 1.97. The first-order valence-electron chi connectivity index (χ1n) is 8.46. The number of hydrogen-bond donors (Lipinski definition) is 2. The van der Waals surface area contributed by atoms with Crippen LogP contribution in [0.15, 0.2) is 6.20 Å². The highest BCUT2D eigenvalue weighted by molar-refractivity contribution is 5.81. The average Bonchev–Trinajstić information content (AvgIpc) is 2.98. The van der Waals surface area contributed by atoms with Gasteiger partial charge >= 0.3 is 6.18 Å². The van der Waals surface area contributed by atoms with Gasteiger partial charge in [-0.05, 0) is 25.7 Å². The molecule has 2 unspecified atom stereocenters. The fourth-order valence-electron chi connectivity index (χ4n) is 3.83.